The molecule has 0 saturated heterocycles. The van der Waals surface area contributed by atoms with Crippen molar-refractivity contribution in [1.82, 2.24) is 25.4 Å². The predicted molar refractivity (Wildman–Crippen MR) is 111 cm³/mol. The van der Waals surface area contributed by atoms with E-state index < -0.39 is 12.8 Å². The highest BCUT2D eigenvalue weighted by atomic mass is 19.4. The fourth-order valence-electron chi connectivity index (χ4n) is 2.73. The Labute approximate surface area is 178 Å². The third-order valence-electron chi connectivity index (χ3n) is 4.25. The van der Waals surface area contributed by atoms with Crippen molar-refractivity contribution in [3.8, 4) is 5.82 Å². The lowest BCUT2D eigenvalue weighted by atomic mass is 10.1. The largest absolute Gasteiger partial charge is 0.411 e. The summed E-state index contributed by atoms with van der Waals surface area (Å²) in [5.41, 5.74) is 2.67. The van der Waals surface area contributed by atoms with Gasteiger partial charge in [0.2, 0.25) is 0 Å². The monoisotopic (exact) mass is 432 g/mol. The summed E-state index contributed by atoms with van der Waals surface area (Å²) in [5.74, 6) is 1.35. The maximum absolute atomic E-state index is 12.1. The topological polar surface area (TPSA) is 76.4 Å². The number of pyridine rings is 1. The highest BCUT2D eigenvalue weighted by Gasteiger charge is 2.27. The Bertz CT molecular complexity index is 972. The first-order valence-electron chi connectivity index (χ1n) is 9.55. The number of ether oxygens (including phenoxy) is 1. The number of nitrogens with one attached hydrogen (secondary N) is 2. The van der Waals surface area contributed by atoms with Gasteiger partial charge < -0.3 is 15.4 Å². The van der Waals surface area contributed by atoms with Gasteiger partial charge in [0.15, 0.2) is 11.8 Å². The molecule has 0 saturated carbocycles. The normalized spacial score (nSPS) is 12.1. The van der Waals surface area contributed by atoms with Crippen molar-refractivity contribution in [1.29, 1.82) is 0 Å². The Balaban J connectivity index is 1.46. The molecule has 2 aromatic heterocycles. The molecule has 0 bridgehead atoms. The quantitative estimate of drug-likeness (QED) is 0.422. The van der Waals surface area contributed by atoms with Crippen LogP contribution < -0.4 is 10.6 Å². The molecule has 0 aliphatic carbocycles. The lowest BCUT2D eigenvalue weighted by Gasteiger charge is -2.13. The molecule has 0 spiro atoms. The number of hydrogen-bond acceptors (Lipinski definition) is 4. The van der Waals surface area contributed by atoms with Gasteiger partial charge in [-0.25, -0.2) is 9.67 Å². The maximum Gasteiger partial charge on any atom is 0.411 e. The molecule has 7 nitrogen and oxygen atoms in total. The minimum absolute atomic E-state index is 0.0805. The SMILES string of the molecule is CN=C(NCc1ccc(COCC(F)(F)F)cc1)NCc1ccnc(-n2cccn2)c1. The van der Waals surface area contributed by atoms with Gasteiger partial charge >= 0.3 is 6.18 Å². The van der Waals surface area contributed by atoms with Crippen LogP contribution in [0.25, 0.3) is 5.82 Å². The number of guanidine groups is 1. The third-order valence-corrected chi connectivity index (χ3v) is 4.25. The van der Waals surface area contributed by atoms with Crippen LogP contribution in [0.4, 0.5) is 13.2 Å². The number of alkyl halides is 3. The van der Waals surface area contributed by atoms with Crippen LogP contribution >= 0.6 is 0 Å². The number of aliphatic imine (C=N–C) groups is 1. The van der Waals surface area contributed by atoms with Crippen LogP contribution in [0.1, 0.15) is 16.7 Å². The molecule has 3 rings (SSSR count). The van der Waals surface area contributed by atoms with Gasteiger partial charge in [0, 0.05) is 38.7 Å². The Morgan fingerprint density at radius 2 is 1.74 bits per heavy atom. The minimum atomic E-state index is -4.32. The first-order chi connectivity index (χ1) is 14.9. The van der Waals surface area contributed by atoms with E-state index in [9.17, 15) is 13.2 Å². The second-order valence-electron chi connectivity index (χ2n) is 6.68. The Hall–Kier alpha value is -3.40. The summed E-state index contributed by atoms with van der Waals surface area (Å²) in [6.45, 7) is -0.272. The van der Waals surface area contributed by atoms with Crippen LogP contribution in [0.3, 0.4) is 0 Å². The van der Waals surface area contributed by atoms with E-state index in [0.717, 1.165) is 16.9 Å². The van der Waals surface area contributed by atoms with Crippen LogP contribution in [0, 0.1) is 0 Å². The lowest BCUT2D eigenvalue weighted by Crippen LogP contribution is -2.36. The van der Waals surface area contributed by atoms with E-state index >= 15 is 0 Å². The summed E-state index contributed by atoms with van der Waals surface area (Å²) in [7, 11) is 1.68. The van der Waals surface area contributed by atoms with Gasteiger partial charge in [-0.3, -0.25) is 4.99 Å². The van der Waals surface area contributed by atoms with Crippen molar-refractivity contribution < 1.29 is 17.9 Å². The van der Waals surface area contributed by atoms with E-state index in [2.05, 4.69) is 30.4 Å². The number of halogens is 3. The molecule has 164 valence electrons. The average Bonchev–Trinajstić information content (AvgIpc) is 3.29. The standard InChI is InChI=1S/C21H23F3N6O/c1-25-20(28-13-18-7-9-26-19(11-18)30-10-2-8-29-30)27-12-16-3-5-17(6-4-16)14-31-15-21(22,23)24/h2-11H,12-15H2,1H3,(H2,25,27,28). The number of hydrogen-bond donors (Lipinski definition) is 2. The van der Waals surface area contributed by atoms with Crippen LogP contribution in [-0.2, 0) is 24.4 Å². The molecule has 0 aliphatic rings. The van der Waals surface area contributed by atoms with E-state index in [4.69, 9.17) is 0 Å². The van der Waals surface area contributed by atoms with Crippen LogP contribution in [-0.4, -0.2) is 40.6 Å². The molecule has 3 aromatic rings. The highest BCUT2D eigenvalue weighted by Crippen LogP contribution is 2.16. The van der Waals surface area contributed by atoms with Gasteiger partial charge in [0.1, 0.15) is 6.61 Å². The fourth-order valence-corrected chi connectivity index (χ4v) is 2.73. The van der Waals surface area contributed by atoms with E-state index in [1.54, 1.807) is 36.3 Å². The first-order valence-corrected chi connectivity index (χ1v) is 9.55. The molecule has 0 aliphatic heterocycles. The molecule has 0 radical (unpaired) electrons. The molecule has 2 heterocycles. The van der Waals surface area contributed by atoms with Crippen molar-refractivity contribution in [2.45, 2.75) is 25.9 Å². The van der Waals surface area contributed by atoms with E-state index in [1.807, 2.05) is 36.5 Å². The summed E-state index contributed by atoms with van der Waals surface area (Å²) < 4.78 is 42.7. The molecule has 0 atom stereocenters. The number of aromatic nitrogens is 3. The highest BCUT2D eigenvalue weighted by molar-refractivity contribution is 5.79. The summed E-state index contributed by atoms with van der Waals surface area (Å²) in [6.07, 6.45) is 0.933. The first kappa shape index (κ1) is 22.3. The third kappa shape index (κ3) is 7.41. The molecule has 0 fully saturated rings. The van der Waals surface area contributed by atoms with Crippen LogP contribution in [0.15, 0.2) is 66.0 Å². The van der Waals surface area contributed by atoms with E-state index in [0.29, 0.717) is 24.6 Å². The van der Waals surface area contributed by atoms with Crippen molar-refractivity contribution in [2.24, 2.45) is 4.99 Å². The zero-order valence-electron chi connectivity index (χ0n) is 16.9. The van der Waals surface area contributed by atoms with Crippen molar-refractivity contribution in [3.05, 3.63) is 77.7 Å². The Kier molecular flexibility index (Phi) is 7.60. The number of benzene rings is 1. The minimum Gasteiger partial charge on any atom is -0.367 e. The fraction of sp³-hybridized carbons (Fsp3) is 0.286. The molecule has 1 aromatic carbocycles. The van der Waals surface area contributed by atoms with Crippen molar-refractivity contribution in [3.63, 3.8) is 0 Å². The number of nitrogens with zero attached hydrogens (tertiary/aromatic N) is 4. The van der Waals surface area contributed by atoms with Crippen molar-refractivity contribution in [2.75, 3.05) is 13.7 Å². The van der Waals surface area contributed by atoms with Crippen LogP contribution in [0.2, 0.25) is 0 Å². The van der Waals surface area contributed by atoms with E-state index in [1.165, 1.54) is 0 Å². The molecular weight excluding hydrogens is 409 g/mol. The maximum atomic E-state index is 12.1. The second kappa shape index (κ2) is 10.6. The number of rotatable bonds is 8. The molecule has 31 heavy (non-hydrogen) atoms. The summed E-state index contributed by atoms with van der Waals surface area (Å²) in [4.78, 5) is 8.51. The molecule has 2 N–H and O–H groups in total. The zero-order chi connectivity index (χ0) is 22.1. The van der Waals surface area contributed by atoms with Crippen LogP contribution in [0.5, 0.6) is 0 Å². The van der Waals surface area contributed by atoms with E-state index in [-0.39, 0.29) is 6.61 Å². The van der Waals surface area contributed by atoms with Gasteiger partial charge in [0.25, 0.3) is 0 Å². The lowest BCUT2D eigenvalue weighted by molar-refractivity contribution is -0.176. The van der Waals surface area contributed by atoms with Gasteiger partial charge in [-0.1, -0.05) is 24.3 Å². The summed E-state index contributed by atoms with van der Waals surface area (Å²) in [5, 5.41) is 10.6. The summed E-state index contributed by atoms with van der Waals surface area (Å²) >= 11 is 0. The molecule has 10 heteroatoms. The zero-order valence-corrected chi connectivity index (χ0v) is 16.9. The average molecular weight is 432 g/mol. The molecular formula is C21H23F3N6O. The Morgan fingerprint density at radius 3 is 2.39 bits per heavy atom. The predicted octanol–water partition coefficient (Wildman–Crippen LogP) is 3.21. The van der Waals surface area contributed by atoms with Gasteiger partial charge in [0.05, 0.1) is 6.61 Å². The smallest absolute Gasteiger partial charge is 0.367 e. The van der Waals surface area contributed by atoms with Gasteiger partial charge in [-0.15, -0.1) is 0 Å². The van der Waals surface area contributed by atoms with Gasteiger partial charge in [-0.05, 0) is 34.9 Å². The van der Waals surface area contributed by atoms with Crippen molar-refractivity contribution >= 4 is 5.96 Å². The van der Waals surface area contributed by atoms with Gasteiger partial charge in [-0.2, -0.15) is 18.3 Å². The molecule has 0 unspecified atom stereocenters. The summed E-state index contributed by atoms with van der Waals surface area (Å²) in [6, 6.07) is 12.9. The molecule has 0 amide bonds. The second-order valence-corrected chi connectivity index (χ2v) is 6.68. The Morgan fingerprint density at radius 1 is 1.03 bits per heavy atom.